The molecule has 1 unspecified atom stereocenters. The molecule has 1 rings (SSSR count). The maximum atomic E-state index is 11.7. The van der Waals surface area contributed by atoms with Crippen LogP contribution in [0, 0.1) is 0 Å². The van der Waals surface area contributed by atoms with E-state index in [9.17, 15) is 9.00 Å². The summed E-state index contributed by atoms with van der Waals surface area (Å²) in [5, 5.41) is 0. The Kier molecular flexibility index (Phi) is 2.57. The van der Waals surface area contributed by atoms with Gasteiger partial charge in [0, 0.05) is 4.90 Å². The van der Waals surface area contributed by atoms with E-state index in [1.54, 1.807) is 30.3 Å². The van der Waals surface area contributed by atoms with E-state index in [-0.39, 0.29) is 0 Å². The summed E-state index contributed by atoms with van der Waals surface area (Å²) in [6.07, 6.45) is 0. The predicted molar refractivity (Wildman–Crippen MR) is 52.7 cm³/mol. The quantitative estimate of drug-likeness (QED) is 0.673. The van der Waals surface area contributed by atoms with Crippen molar-refractivity contribution in [3.8, 4) is 0 Å². The summed E-state index contributed by atoms with van der Waals surface area (Å²) in [6.45, 7) is 0. The van der Waals surface area contributed by atoms with Crippen molar-refractivity contribution in [1.29, 1.82) is 0 Å². The first-order valence-corrected chi connectivity index (χ1v) is 5.24. The van der Waals surface area contributed by atoms with Crippen LogP contribution in [0.2, 0.25) is 0 Å². The molecule has 0 aliphatic carbocycles. The van der Waals surface area contributed by atoms with Crippen LogP contribution in [0.5, 0.6) is 0 Å². The summed E-state index contributed by atoms with van der Waals surface area (Å²) in [5.74, 6) is 3.40. The SMILES string of the molecule is C=S(=O)(NC(N)=O)c1ccccc1. The Morgan fingerprint density at radius 1 is 1.38 bits per heavy atom. The lowest BCUT2D eigenvalue weighted by Gasteiger charge is -2.08. The average Bonchev–Trinajstić information content (AvgIpc) is 2.04. The molecule has 0 spiro atoms. The molecule has 70 valence electrons. The lowest BCUT2D eigenvalue weighted by Crippen LogP contribution is -2.34. The molecule has 0 aromatic heterocycles. The van der Waals surface area contributed by atoms with Crippen LogP contribution in [0.3, 0.4) is 0 Å². The molecule has 1 aromatic carbocycles. The van der Waals surface area contributed by atoms with Crippen molar-refractivity contribution in [3.05, 3.63) is 30.3 Å². The first kappa shape index (κ1) is 9.60. The van der Waals surface area contributed by atoms with Gasteiger partial charge in [-0.15, -0.1) is 0 Å². The number of rotatable bonds is 2. The summed E-state index contributed by atoms with van der Waals surface area (Å²) in [6, 6.07) is 7.59. The van der Waals surface area contributed by atoms with Crippen molar-refractivity contribution in [2.75, 3.05) is 0 Å². The highest BCUT2D eigenvalue weighted by atomic mass is 32.2. The van der Waals surface area contributed by atoms with Crippen molar-refractivity contribution in [2.24, 2.45) is 5.73 Å². The second-order valence-corrected chi connectivity index (χ2v) is 4.48. The van der Waals surface area contributed by atoms with Gasteiger partial charge in [-0.25, -0.2) is 9.00 Å². The predicted octanol–water partition coefficient (Wildman–Crippen LogP) is 0.345. The molecule has 0 radical (unpaired) electrons. The summed E-state index contributed by atoms with van der Waals surface area (Å²) >= 11 is 0. The van der Waals surface area contributed by atoms with Gasteiger partial charge >= 0.3 is 6.03 Å². The van der Waals surface area contributed by atoms with Crippen LogP contribution in [0.15, 0.2) is 35.2 Å². The van der Waals surface area contributed by atoms with Gasteiger partial charge in [-0.1, -0.05) is 18.2 Å². The minimum Gasteiger partial charge on any atom is -0.351 e. The van der Waals surface area contributed by atoms with Crippen LogP contribution in [-0.2, 0) is 9.71 Å². The van der Waals surface area contributed by atoms with Gasteiger partial charge in [-0.3, -0.25) is 4.72 Å². The molecule has 0 aliphatic heterocycles. The molecule has 1 atom stereocenters. The first-order chi connectivity index (χ1) is 6.02. The van der Waals surface area contributed by atoms with Crippen LogP contribution in [0.1, 0.15) is 0 Å². The largest absolute Gasteiger partial charge is 0.351 e. The number of urea groups is 1. The van der Waals surface area contributed by atoms with Crippen molar-refractivity contribution in [2.45, 2.75) is 4.90 Å². The monoisotopic (exact) mass is 198 g/mol. The molecule has 4 nitrogen and oxygen atoms in total. The fourth-order valence-electron chi connectivity index (χ4n) is 0.862. The molecule has 0 aliphatic rings. The Morgan fingerprint density at radius 3 is 2.38 bits per heavy atom. The second-order valence-electron chi connectivity index (χ2n) is 2.45. The van der Waals surface area contributed by atoms with E-state index >= 15 is 0 Å². The zero-order valence-corrected chi connectivity index (χ0v) is 7.71. The van der Waals surface area contributed by atoms with E-state index in [1.165, 1.54) is 0 Å². The van der Waals surface area contributed by atoms with Crippen molar-refractivity contribution >= 4 is 21.6 Å². The lowest BCUT2D eigenvalue weighted by molar-refractivity contribution is 0.254. The average molecular weight is 198 g/mol. The summed E-state index contributed by atoms with van der Waals surface area (Å²) in [4.78, 5) is 10.9. The van der Waals surface area contributed by atoms with Crippen LogP contribution >= 0.6 is 0 Å². The normalized spacial score (nSPS) is 14.5. The van der Waals surface area contributed by atoms with E-state index < -0.39 is 15.7 Å². The number of hydrogen-bond acceptors (Lipinski definition) is 2. The number of hydrogen-bond donors (Lipinski definition) is 2. The number of primary amides is 1. The Labute approximate surface area is 76.9 Å². The number of amides is 2. The lowest BCUT2D eigenvalue weighted by atomic mass is 10.4. The molecule has 0 fully saturated rings. The van der Waals surface area contributed by atoms with Crippen molar-refractivity contribution < 1.29 is 9.00 Å². The highest BCUT2D eigenvalue weighted by Crippen LogP contribution is 2.06. The molecule has 0 heterocycles. The van der Waals surface area contributed by atoms with E-state index in [2.05, 4.69) is 10.6 Å². The van der Waals surface area contributed by atoms with Gasteiger partial charge in [-0.2, -0.15) is 0 Å². The third-order valence-electron chi connectivity index (χ3n) is 1.39. The summed E-state index contributed by atoms with van der Waals surface area (Å²) in [7, 11) is -2.78. The van der Waals surface area contributed by atoms with E-state index in [0.29, 0.717) is 4.90 Å². The van der Waals surface area contributed by atoms with Gasteiger partial charge in [0.15, 0.2) is 0 Å². The van der Waals surface area contributed by atoms with Gasteiger partial charge in [0.05, 0.1) is 9.71 Å². The van der Waals surface area contributed by atoms with Gasteiger partial charge in [0.1, 0.15) is 0 Å². The van der Waals surface area contributed by atoms with Gasteiger partial charge in [-0.05, 0) is 18.0 Å². The molecule has 1 aromatic rings. The Morgan fingerprint density at radius 2 is 1.92 bits per heavy atom. The number of nitrogens with one attached hydrogen (secondary N) is 1. The first-order valence-electron chi connectivity index (χ1n) is 3.52. The fraction of sp³-hybridized carbons (Fsp3) is 0. The maximum absolute atomic E-state index is 11.7. The van der Waals surface area contributed by atoms with Crippen LogP contribution in [0.25, 0.3) is 0 Å². The molecule has 5 heteroatoms. The van der Waals surface area contributed by atoms with Gasteiger partial charge in [0.25, 0.3) is 0 Å². The summed E-state index contributed by atoms with van der Waals surface area (Å²) < 4.78 is 13.8. The number of carbonyl (C=O) groups is 1. The third-order valence-corrected chi connectivity index (χ3v) is 2.95. The molecular weight excluding hydrogens is 188 g/mol. The van der Waals surface area contributed by atoms with Gasteiger partial charge in [0.2, 0.25) is 0 Å². The Balaban J connectivity index is 3.02. The maximum Gasteiger partial charge on any atom is 0.323 e. The molecule has 2 amide bonds. The standard InChI is InChI=1S/C8H10N2O2S/c1-13(12,10-8(9)11)7-5-3-2-4-6-7/h2-6H,1H2,(H3,9,10,11,12). The summed E-state index contributed by atoms with van der Waals surface area (Å²) in [5.41, 5.74) is 4.85. The smallest absolute Gasteiger partial charge is 0.323 e. The zero-order chi connectivity index (χ0) is 9.90. The Hall–Kier alpha value is -1.49. The van der Waals surface area contributed by atoms with Crippen molar-refractivity contribution in [3.63, 3.8) is 0 Å². The van der Waals surface area contributed by atoms with E-state index in [0.717, 1.165) is 0 Å². The van der Waals surface area contributed by atoms with E-state index in [1.807, 2.05) is 0 Å². The molecule has 0 saturated carbocycles. The highest BCUT2D eigenvalue weighted by molar-refractivity contribution is 7.99. The molecule has 3 N–H and O–H groups in total. The van der Waals surface area contributed by atoms with E-state index in [4.69, 9.17) is 5.73 Å². The van der Waals surface area contributed by atoms with Crippen LogP contribution < -0.4 is 10.5 Å². The number of benzene rings is 1. The van der Waals surface area contributed by atoms with Crippen LogP contribution in [0.4, 0.5) is 4.79 Å². The topological polar surface area (TPSA) is 72.2 Å². The molecule has 0 bridgehead atoms. The minimum absolute atomic E-state index is 0.453. The molecule has 0 saturated heterocycles. The zero-order valence-electron chi connectivity index (χ0n) is 6.90. The van der Waals surface area contributed by atoms with Crippen LogP contribution in [-0.4, -0.2) is 16.1 Å². The number of nitrogens with two attached hydrogens (primary N) is 1. The minimum atomic E-state index is -2.78. The number of carbonyl (C=O) groups excluding carboxylic acids is 1. The molecular formula is C8H10N2O2S. The Bertz CT molecular complexity index is 397. The molecule has 13 heavy (non-hydrogen) atoms. The second kappa shape index (κ2) is 3.49. The fourth-order valence-corrected chi connectivity index (χ4v) is 1.90. The third kappa shape index (κ3) is 2.48. The van der Waals surface area contributed by atoms with Gasteiger partial charge < -0.3 is 5.73 Å². The van der Waals surface area contributed by atoms with Crippen molar-refractivity contribution in [1.82, 2.24) is 4.72 Å². The highest BCUT2D eigenvalue weighted by Gasteiger charge is 2.07.